The van der Waals surface area contributed by atoms with Gasteiger partial charge in [-0.25, -0.2) is 15.0 Å². The topological polar surface area (TPSA) is 65.0 Å². The molecular weight excluding hydrogens is 306 g/mol. The van der Waals surface area contributed by atoms with Gasteiger partial charge in [0.2, 0.25) is 0 Å². The van der Waals surface area contributed by atoms with Gasteiger partial charge in [-0.3, -0.25) is 4.21 Å². The van der Waals surface area contributed by atoms with Crippen LogP contribution in [0.15, 0.2) is 23.8 Å². The molecule has 3 rings (SSSR count). The van der Waals surface area contributed by atoms with Crippen LogP contribution in [0.5, 0.6) is 0 Å². The summed E-state index contributed by atoms with van der Waals surface area (Å²) in [5.41, 5.74) is 0.844. The highest BCUT2D eigenvalue weighted by Gasteiger charge is 2.18. The molecule has 0 bridgehead atoms. The number of ether oxygens (including phenoxy) is 1. The van der Waals surface area contributed by atoms with E-state index in [2.05, 4.69) is 15.0 Å². The first kappa shape index (κ1) is 14.7. The Kier molecular flexibility index (Phi) is 5.05. The van der Waals surface area contributed by atoms with Crippen molar-refractivity contribution in [3.63, 3.8) is 0 Å². The molecule has 0 N–H and O–H groups in total. The number of thiazole rings is 1. The van der Waals surface area contributed by atoms with E-state index >= 15 is 0 Å². The minimum absolute atomic E-state index is 0.148. The molecule has 0 aliphatic carbocycles. The van der Waals surface area contributed by atoms with Crippen molar-refractivity contribution in [3.05, 3.63) is 29.5 Å². The second-order valence-electron chi connectivity index (χ2n) is 4.96. The third kappa shape index (κ3) is 4.15. The van der Waals surface area contributed by atoms with Crippen molar-refractivity contribution in [2.24, 2.45) is 0 Å². The Morgan fingerprint density at radius 2 is 2.19 bits per heavy atom. The molecule has 0 amide bonds. The number of hydrogen-bond donors (Lipinski definition) is 0. The first-order chi connectivity index (χ1) is 10.3. The standard InChI is InChI=1S/C14H17N3O2S2/c18-21(10-12-4-1-2-7-19-12)9-11-8-20-14(17-11)13-15-5-3-6-16-13/h3,5-6,8,12H,1-2,4,7,9-10H2/t12-,21+/m1/s1. The molecule has 0 saturated carbocycles. The third-order valence-electron chi connectivity index (χ3n) is 3.26. The van der Waals surface area contributed by atoms with Gasteiger partial charge in [0.05, 0.1) is 23.3 Å². The molecule has 5 nitrogen and oxygen atoms in total. The third-order valence-corrected chi connectivity index (χ3v) is 5.51. The summed E-state index contributed by atoms with van der Waals surface area (Å²) in [5.74, 6) is 1.70. The molecule has 112 valence electrons. The van der Waals surface area contributed by atoms with E-state index in [1.165, 1.54) is 17.8 Å². The molecule has 0 spiro atoms. The Morgan fingerprint density at radius 1 is 1.33 bits per heavy atom. The van der Waals surface area contributed by atoms with E-state index in [9.17, 15) is 4.21 Å². The molecule has 2 atom stereocenters. The van der Waals surface area contributed by atoms with E-state index in [1.54, 1.807) is 18.5 Å². The van der Waals surface area contributed by atoms with E-state index < -0.39 is 10.8 Å². The summed E-state index contributed by atoms with van der Waals surface area (Å²) in [7, 11) is -0.933. The largest absolute Gasteiger partial charge is 0.377 e. The average Bonchev–Trinajstić information content (AvgIpc) is 2.97. The van der Waals surface area contributed by atoms with Crippen LogP contribution >= 0.6 is 11.3 Å². The Bertz CT molecular complexity index is 597. The fourth-order valence-electron chi connectivity index (χ4n) is 2.26. The van der Waals surface area contributed by atoms with Crippen LogP contribution in [0, 0.1) is 0 Å². The van der Waals surface area contributed by atoms with Gasteiger partial charge in [0, 0.05) is 35.2 Å². The second-order valence-corrected chi connectivity index (χ2v) is 7.32. The quantitative estimate of drug-likeness (QED) is 0.845. The molecule has 2 aromatic heterocycles. The highest BCUT2D eigenvalue weighted by atomic mass is 32.2. The monoisotopic (exact) mass is 323 g/mol. The molecule has 3 heterocycles. The van der Waals surface area contributed by atoms with Crippen LogP contribution in [0.4, 0.5) is 0 Å². The fourth-order valence-corrected chi connectivity index (χ4v) is 4.40. The molecule has 1 aliphatic heterocycles. The van der Waals surface area contributed by atoms with Gasteiger partial charge in [-0.2, -0.15) is 0 Å². The Hall–Kier alpha value is -1.18. The van der Waals surface area contributed by atoms with Gasteiger partial charge >= 0.3 is 0 Å². The average molecular weight is 323 g/mol. The lowest BCUT2D eigenvalue weighted by atomic mass is 10.1. The summed E-state index contributed by atoms with van der Waals surface area (Å²) in [6.45, 7) is 0.800. The highest BCUT2D eigenvalue weighted by Crippen LogP contribution is 2.21. The van der Waals surface area contributed by atoms with Crippen molar-refractivity contribution in [1.29, 1.82) is 0 Å². The first-order valence-corrected chi connectivity index (χ1v) is 9.36. The first-order valence-electron chi connectivity index (χ1n) is 6.99. The minimum Gasteiger partial charge on any atom is -0.377 e. The molecule has 0 aromatic carbocycles. The van der Waals surface area contributed by atoms with Gasteiger partial charge in [0.15, 0.2) is 10.8 Å². The summed E-state index contributed by atoms with van der Waals surface area (Å²) in [5, 5.41) is 2.71. The zero-order valence-corrected chi connectivity index (χ0v) is 13.2. The summed E-state index contributed by atoms with van der Waals surface area (Å²) >= 11 is 1.49. The molecule has 0 radical (unpaired) electrons. The van der Waals surface area contributed by atoms with Gasteiger partial charge in [0.25, 0.3) is 0 Å². The molecule has 1 aliphatic rings. The molecule has 1 fully saturated rings. The molecule has 1 saturated heterocycles. The van der Waals surface area contributed by atoms with E-state index in [0.717, 1.165) is 30.2 Å². The maximum absolute atomic E-state index is 12.2. The van der Waals surface area contributed by atoms with Crippen LogP contribution in [0.2, 0.25) is 0 Å². The lowest BCUT2D eigenvalue weighted by Crippen LogP contribution is -2.25. The fraction of sp³-hybridized carbons (Fsp3) is 0.500. The predicted octanol–water partition coefficient (Wildman–Crippen LogP) is 2.42. The molecular formula is C14H17N3O2S2. The van der Waals surface area contributed by atoms with Gasteiger partial charge in [-0.1, -0.05) is 0 Å². The number of hydrogen-bond acceptors (Lipinski definition) is 6. The maximum Gasteiger partial charge on any atom is 0.188 e. The van der Waals surface area contributed by atoms with Gasteiger partial charge < -0.3 is 4.74 Å². The second kappa shape index (κ2) is 7.20. The van der Waals surface area contributed by atoms with Crippen molar-refractivity contribution >= 4 is 22.1 Å². The molecule has 7 heteroatoms. The van der Waals surface area contributed by atoms with Gasteiger partial charge in [-0.15, -0.1) is 11.3 Å². The van der Waals surface area contributed by atoms with Crippen molar-refractivity contribution in [3.8, 4) is 10.8 Å². The van der Waals surface area contributed by atoms with Crippen LogP contribution in [0.1, 0.15) is 25.0 Å². The molecule has 21 heavy (non-hydrogen) atoms. The van der Waals surface area contributed by atoms with E-state index in [0.29, 0.717) is 17.3 Å². The zero-order chi connectivity index (χ0) is 14.5. The van der Waals surface area contributed by atoms with Crippen molar-refractivity contribution < 1.29 is 8.95 Å². The number of rotatable bonds is 5. The van der Waals surface area contributed by atoms with Crippen LogP contribution in [0.3, 0.4) is 0 Å². The van der Waals surface area contributed by atoms with Crippen LogP contribution in [0.25, 0.3) is 10.8 Å². The highest BCUT2D eigenvalue weighted by molar-refractivity contribution is 7.84. The Balaban J connectivity index is 1.58. The van der Waals surface area contributed by atoms with Crippen LogP contribution in [-0.2, 0) is 21.3 Å². The van der Waals surface area contributed by atoms with E-state index in [1.807, 2.05) is 5.38 Å². The van der Waals surface area contributed by atoms with Crippen molar-refractivity contribution in [1.82, 2.24) is 15.0 Å². The SMILES string of the molecule is O=[S@@](Cc1csc(-c2ncccn2)n1)C[C@H]1CCCCO1. The van der Waals surface area contributed by atoms with Crippen LogP contribution in [-0.4, -0.2) is 37.6 Å². The Labute approximate surface area is 130 Å². The van der Waals surface area contributed by atoms with Crippen molar-refractivity contribution in [2.75, 3.05) is 12.4 Å². The smallest absolute Gasteiger partial charge is 0.188 e. The predicted molar refractivity (Wildman–Crippen MR) is 83.4 cm³/mol. The number of aromatic nitrogens is 3. The van der Waals surface area contributed by atoms with E-state index in [-0.39, 0.29) is 6.10 Å². The summed E-state index contributed by atoms with van der Waals surface area (Å²) < 4.78 is 17.8. The summed E-state index contributed by atoms with van der Waals surface area (Å²) in [6, 6.07) is 1.78. The molecule has 0 unspecified atom stereocenters. The number of nitrogens with zero attached hydrogens (tertiary/aromatic N) is 3. The maximum atomic E-state index is 12.2. The van der Waals surface area contributed by atoms with Gasteiger partial charge in [-0.05, 0) is 25.3 Å². The zero-order valence-electron chi connectivity index (χ0n) is 11.6. The van der Waals surface area contributed by atoms with Crippen LogP contribution < -0.4 is 0 Å². The Morgan fingerprint density at radius 3 is 2.95 bits per heavy atom. The van der Waals surface area contributed by atoms with Gasteiger partial charge in [0.1, 0.15) is 0 Å². The summed E-state index contributed by atoms with van der Waals surface area (Å²) in [4.78, 5) is 12.8. The summed E-state index contributed by atoms with van der Waals surface area (Å²) in [6.07, 6.45) is 6.86. The normalized spacial score (nSPS) is 20.3. The molecule has 2 aromatic rings. The minimum atomic E-state index is -0.933. The van der Waals surface area contributed by atoms with E-state index in [4.69, 9.17) is 4.74 Å². The van der Waals surface area contributed by atoms with Crippen molar-refractivity contribution in [2.45, 2.75) is 31.1 Å². The lowest BCUT2D eigenvalue weighted by molar-refractivity contribution is 0.0310. The lowest BCUT2D eigenvalue weighted by Gasteiger charge is -2.21.